The van der Waals surface area contributed by atoms with E-state index in [0.717, 1.165) is 24.0 Å². The highest BCUT2D eigenvalue weighted by Gasteiger charge is 2.10. The fraction of sp³-hybridized carbons (Fsp3) is 0.333. The summed E-state index contributed by atoms with van der Waals surface area (Å²) >= 11 is 3.58. The van der Waals surface area contributed by atoms with Gasteiger partial charge in [0.25, 0.3) is 0 Å². The highest BCUT2D eigenvalue weighted by Crippen LogP contribution is 2.30. The fourth-order valence-corrected chi connectivity index (χ4v) is 2.70. The Labute approximate surface area is 136 Å². The van der Waals surface area contributed by atoms with Gasteiger partial charge in [0.2, 0.25) is 0 Å². The molecule has 2 rings (SSSR count). The van der Waals surface area contributed by atoms with Crippen molar-refractivity contribution >= 4 is 27.3 Å². The van der Waals surface area contributed by atoms with Crippen molar-refractivity contribution in [3.63, 3.8) is 0 Å². The second-order valence-corrected chi connectivity index (χ2v) is 6.05. The SMILES string of the molecule is CCNCc1ccc(Br)cc1N(C)c1ccc(CC)cc1. The Kier molecular flexibility index (Phi) is 5.83. The van der Waals surface area contributed by atoms with Crippen LogP contribution in [-0.2, 0) is 13.0 Å². The van der Waals surface area contributed by atoms with Crippen LogP contribution in [0.25, 0.3) is 0 Å². The molecule has 0 bridgehead atoms. The Morgan fingerprint density at radius 2 is 1.76 bits per heavy atom. The number of rotatable bonds is 6. The zero-order valence-electron chi connectivity index (χ0n) is 13.0. The van der Waals surface area contributed by atoms with Gasteiger partial charge in [0.15, 0.2) is 0 Å². The maximum Gasteiger partial charge on any atom is 0.0465 e. The number of hydrogen-bond acceptors (Lipinski definition) is 2. The van der Waals surface area contributed by atoms with Crippen molar-refractivity contribution in [2.24, 2.45) is 0 Å². The van der Waals surface area contributed by atoms with Crippen LogP contribution in [0.2, 0.25) is 0 Å². The molecule has 0 unspecified atom stereocenters. The zero-order valence-corrected chi connectivity index (χ0v) is 14.6. The summed E-state index contributed by atoms with van der Waals surface area (Å²) < 4.78 is 1.11. The predicted octanol–water partition coefficient (Wildman–Crippen LogP) is 4.89. The van der Waals surface area contributed by atoms with Gasteiger partial charge in [-0.1, -0.05) is 48.0 Å². The first-order chi connectivity index (χ1) is 10.2. The molecule has 0 heterocycles. The normalized spacial score (nSPS) is 10.7. The highest BCUT2D eigenvalue weighted by atomic mass is 79.9. The van der Waals surface area contributed by atoms with E-state index in [1.54, 1.807) is 0 Å². The molecule has 0 aliphatic rings. The van der Waals surface area contributed by atoms with E-state index in [0.29, 0.717) is 0 Å². The lowest BCUT2D eigenvalue weighted by Crippen LogP contribution is -2.17. The Hall–Kier alpha value is -1.32. The first-order valence-corrected chi connectivity index (χ1v) is 8.26. The molecule has 2 aromatic carbocycles. The van der Waals surface area contributed by atoms with Crippen LogP contribution in [-0.4, -0.2) is 13.6 Å². The van der Waals surface area contributed by atoms with Gasteiger partial charge in [-0.25, -0.2) is 0 Å². The molecule has 112 valence electrons. The third-order valence-electron chi connectivity index (χ3n) is 3.71. The van der Waals surface area contributed by atoms with Gasteiger partial charge in [0.1, 0.15) is 0 Å². The van der Waals surface area contributed by atoms with E-state index in [-0.39, 0.29) is 0 Å². The van der Waals surface area contributed by atoms with E-state index < -0.39 is 0 Å². The van der Waals surface area contributed by atoms with Crippen LogP contribution in [0.4, 0.5) is 11.4 Å². The van der Waals surface area contributed by atoms with Gasteiger partial charge in [-0.3, -0.25) is 0 Å². The minimum Gasteiger partial charge on any atom is -0.344 e. The number of anilines is 2. The average molecular weight is 347 g/mol. The number of nitrogens with one attached hydrogen (secondary N) is 1. The minimum atomic E-state index is 0.885. The quantitative estimate of drug-likeness (QED) is 0.800. The lowest BCUT2D eigenvalue weighted by molar-refractivity contribution is 0.726. The van der Waals surface area contributed by atoms with E-state index in [1.807, 2.05) is 0 Å². The molecule has 1 N–H and O–H groups in total. The zero-order chi connectivity index (χ0) is 15.2. The van der Waals surface area contributed by atoms with Crippen molar-refractivity contribution in [1.82, 2.24) is 5.32 Å². The van der Waals surface area contributed by atoms with Crippen molar-refractivity contribution in [2.75, 3.05) is 18.5 Å². The minimum absolute atomic E-state index is 0.885. The average Bonchev–Trinajstić information content (AvgIpc) is 2.53. The molecule has 0 aliphatic heterocycles. The van der Waals surface area contributed by atoms with Crippen LogP contribution < -0.4 is 10.2 Å². The Morgan fingerprint density at radius 1 is 1.05 bits per heavy atom. The molecule has 0 spiro atoms. The molecule has 0 aliphatic carbocycles. The molecule has 0 saturated carbocycles. The van der Waals surface area contributed by atoms with Gasteiger partial charge in [-0.05, 0) is 48.4 Å². The second-order valence-electron chi connectivity index (χ2n) is 5.13. The van der Waals surface area contributed by atoms with Gasteiger partial charge >= 0.3 is 0 Å². The summed E-state index contributed by atoms with van der Waals surface area (Å²) in [5.41, 5.74) is 5.12. The molecule has 0 radical (unpaired) electrons. The van der Waals surface area contributed by atoms with E-state index in [9.17, 15) is 0 Å². The number of aryl methyl sites for hydroxylation is 1. The van der Waals surface area contributed by atoms with Crippen molar-refractivity contribution in [3.8, 4) is 0 Å². The molecule has 2 nitrogen and oxygen atoms in total. The fourth-order valence-electron chi connectivity index (χ4n) is 2.35. The smallest absolute Gasteiger partial charge is 0.0465 e. The van der Waals surface area contributed by atoms with E-state index in [4.69, 9.17) is 0 Å². The molecule has 0 amide bonds. The first-order valence-electron chi connectivity index (χ1n) is 7.47. The van der Waals surface area contributed by atoms with Crippen LogP contribution in [0.3, 0.4) is 0 Å². The predicted molar refractivity (Wildman–Crippen MR) is 95.4 cm³/mol. The summed E-state index contributed by atoms with van der Waals surface area (Å²) in [6, 6.07) is 15.2. The van der Waals surface area contributed by atoms with E-state index in [1.165, 1.54) is 22.5 Å². The maximum atomic E-state index is 3.58. The van der Waals surface area contributed by atoms with Crippen molar-refractivity contribution in [1.29, 1.82) is 0 Å². The van der Waals surface area contributed by atoms with Gasteiger partial charge < -0.3 is 10.2 Å². The first kappa shape index (κ1) is 16.1. The summed E-state index contributed by atoms with van der Waals surface area (Å²) in [4.78, 5) is 2.25. The van der Waals surface area contributed by atoms with Crippen LogP contribution in [0.5, 0.6) is 0 Å². The van der Waals surface area contributed by atoms with Gasteiger partial charge in [-0.2, -0.15) is 0 Å². The third-order valence-corrected chi connectivity index (χ3v) is 4.20. The van der Waals surface area contributed by atoms with Gasteiger partial charge in [0, 0.05) is 29.4 Å². The maximum absolute atomic E-state index is 3.58. The number of hydrogen-bond donors (Lipinski definition) is 1. The van der Waals surface area contributed by atoms with E-state index in [2.05, 4.69) is 89.5 Å². The summed E-state index contributed by atoms with van der Waals surface area (Å²) in [5.74, 6) is 0. The summed E-state index contributed by atoms with van der Waals surface area (Å²) in [5, 5.41) is 3.41. The monoisotopic (exact) mass is 346 g/mol. The largest absolute Gasteiger partial charge is 0.344 e. The summed E-state index contributed by atoms with van der Waals surface area (Å²) in [7, 11) is 2.12. The molecule has 0 saturated heterocycles. The van der Waals surface area contributed by atoms with Gasteiger partial charge in [0.05, 0.1) is 0 Å². The second kappa shape index (κ2) is 7.62. The Balaban J connectivity index is 2.31. The Bertz CT molecular complexity index is 578. The van der Waals surface area contributed by atoms with Crippen molar-refractivity contribution in [2.45, 2.75) is 26.8 Å². The molecule has 3 heteroatoms. The molecular formula is C18H23BrN2. The molecule has 0 fully saturated rings. The summed E-state index contributed by atoms with van der Waals surface area (Å²) in [6.07, 6.45) is 1.08. The lowest BCUT2D eigenvalue weighted by atomic mass is 10.1. The van der Waals surface area contributed by atoms with E-state index >= 15 is 0 Å². The van der Waals surface area contributed by atoms with Crippen molar-refractivity contribution in [3.05, 3.63) is 58.1 Å². The van der Waals surface area contributed by atoms with Gasteiger partial charge in [-0.15, -0.1) is 0 Å². The standard InChI is InChI=1S/C18H23BrN2/c1-4-14-6-10-17(11-7-14)21(3)18-12-16(19)9-8-15(18)13-20-5-2/h6-12,20H,4-5,13H2,1-3H3. The number of halogens is 1. The molecular weight excluding hydrogens is 324 g/mol. The van der Waals surface area contributed by atoms with Crippen LogP contribution in [0.15, 0.2) is 46.9 Å². The van der Waals surface area contributed by atoms with Crippen LogP contribution in [0.1, 0.15) is 25.0 Å². The molecule has 21 heavy (non-hydrogen) atoms. The lowest BCUT2D eigenvalue weighted by Gasteiger charge is -2.23. The summed E-state index contributed by atoms with van der Waals surface area (Å²) in [6.45, 7) is 6.17. The molecule has 0 atom stereocenters. The van der Waals surface area contributed by atoms with Crippen molar-refractivity contribution < 1.29 is 0 Å². The Morgan fingerprint density at radius 3 is 2.38 bits per heavy atom. The number of benzene rings is 2. The highest BCUT2D eigenvalue weighted by molar-refractivity contribution is 9.10. The molecule has 2 aromatic rings. The molecule has 0 aromatic heterocycles. The van der Waals surface area contributed by atoms with Crippen LogP contribution in [0, 0.1) is 0 Å². The third kappa shape index (κ3) is 4.08. The van der Waals surface area contributed by atoms with Crippen LogP contribution >= 0.6 is 15.9 Å². The topological polar surface area (TPSA) is 15.3 Å². The number of nitrogens with zero attached hydrogens (tertiary/aromatic N) is 1.